The first-order valence-electron chi connectivity index (χ1n) is 10.4. The molecule has 1 atom stereocenters. The van der Waals surface area contributed by atoms with E-state index in [1.807, 2.05) is 0 Å². The fraction of sp³-hybridized carbons (Fsp3) is 0.381. The minimum Gasteiger partial charge on any atom is -0.493 e. The molecule has 182 valence electrons. The third-order valence-electron chi connectivity index (χ3n) is 5.38. The van der Waals surface area contributed by atoms with Gasteiger partial charge in [-0.25, -0.2) is 8.42 Å². The minimum atomic E-state index is -3.78. The van der Waals surface area contributed by atoms with Crippen molar-refractivity contribution in [1.82, 2.24) is 14.5 Å². The quantitative estimate of drug-likeness (QED) is 0.487. The summed E-state index contributed by atoms with van der Waals surface area (Å²) in [4.78, 5) is 13.0. The Morgan fingerprint density at radius 3 is 2.50 bits per heavy atom. The molecule has 3 aromatic rings. The van der Waals surface area contributed by atoms with Gasteiger partial charge in [-0.2, -0.15) is 4.31 Å². The second-order valence-corrected chi connectivity index (χ2v) is 10.4. The van der Waals surface area contributed by atoms with Crippen LogP contribution in [-0.4, -0.2) is 62.7 Å². The van der Waals surface area contributed by atoms with Crippen LogP contribution >= 0.6 is 11.3 Å². The van der Waals surface area contributed by atoms with Gasteiger partial charge in [-0.1, -0.05) is 17.6 Å². The number of nitrogens with zero attached hydrogens (tertiary/aromatic N) is 3. The normalized spacial score (nSPS) is 16.7. The standard InChI is InChI=1S/C21H24N4O7S2/c1-29-15-11-13(12-16(30-2)18(15)31-3)20-23-24-21(32-20)22-19(26)14-7-4-5-9-25(14)34(27,28)17-8-6-10-33-17/h6,8,10-12,14H,4-5,7,9H2,1-3H3,(H,22,24,26). The molecule has 1 aliphatic rings. The first-order chi connectivity index (χ1) is 16.4. The number of methoxy groups -OCH3 is 3. The lowest BCUT2D eigenvalue weighted by molar-refractivity contribution is -0.120. The Morgan fingerprint density at radius 1 is 1.15 bits per heavy atom. The average molecular weight is 509 g/mol. The van der Waals surface area contributed by atoms with Crippen molar-refractivity contribution in [2.24, 2.45) is 0 Å². The maximum absolute atomic E-state index is 13.0. The van der Waals surface area contributed by atoms with Crippen molar-refractivity contribution in [3.05, 3.63) is 29.6 Å². The molecule has 13 heteroatoms. The molecule has 1 aromatic carbocycles. The van der Waals surface area contributed by atoms with Gasteiger partial charge in [0.05, 0.1) is 21.3 Å². The van der Waals surface area contributed by atoms with Gasteiger partial charge >= 0.3 is 6.01 Å². The summed E-state index contributed by atoms with van der Waals surface area (Å²) in [6, 6.07) is 5.45. The fourth-order valence-electron chi connectivity index (χ4n) is 3.76. The van der Waals surface area contributed by atoms with E-state index in [0.717, 1.165) is 17.8 Å². The summed E-state index contributed by atoms with van der Waals surface area (Å²) in [6.45, 7) is 0.263. The lowest BCUT2D eigenvalue weighted by atomic mass is 10.0. The number of ether oxygens (including phenoxy) is 3. The van der Waals surface area contributed by atoms with Crippen molar-refractivity contribution >= 4 is 33.3 Å². The lowest BCUT2D eigenvalue weighted by Gasteiger charge is -2.32. The van der Waals surface area contributed by atoms with Crippen molar-refractivity contribution in [3.63, 3.8) is 0 Å². The van der Waals surface area contributed by atoms with E-state index < -0.39 is 22.0 Å². The number of carbonyl (C=O) groups excluding carboxylic acids is 1. The molecule has 34 heavy (non-hydrogen) atoms. The Hall–Kier alpha value is -3.16. The number of aromatic nitrogens is 2. The summed E-state index contributed by atoms with van der Waals surface area (Å²) in [5, 5.41) is 12.1. The van der Waals surface area contributed by atoms with Crippen LogP contribution in [-0.2, 0) is 14.8 Å². The molecule has 4 rings (SSSR count). The number of nitrogens with one attached hydrogen (secondary N) is 1. The highest BCUT2D eigenvalue weighted by Crippen LogP contribution is 2.41. The Morgan fingerprint density at radius 2 is 1.88 bits per heavy atom. The molecule has 0 aliphatic carbocycles. The summed E-state index contributed by atoms with van der Waals surface area (Å²) in [6.07, 6.45) is 1.81. The largest absolute Gasteiger partial charge is 0.493 e. The van der Waals surface area contributed by atoms with Crippen molar-refractivity contribution in [2.45, 2.75) is 29.5 Å². The molecule has 11 nitrogen and oxygen atoms in total. The van der Waals surface area contributed by atoms with Gasteiger partial charge in [-0.05, 0) is 36.4 Å². The van der Waals surface area contributed by atoms with Crippen LogP contribution in [0.4, 0.5) is 6.01 Å². The number of hydrogen-bond donors (Lipinski definition) is 1. The van der Waals surface area contributed by atoms with E-state index in [4.69, 9.17) is 18.6 Å². The number of rotatable bonds is 8. The molecule has 1 aliphatic heterocycles. The summed E-state index contributed by atoms with van der Waals surface area (Å²) in [5.41, 5.74) is 0.488. The predicted molar refractivity (Wildman–Crippen MR) is 124 cm³/mol. The summed E-state index contributed by atoms with van der Waals surface area (Å²) in [7, 11) is 0.687. The molecule has 2 aromatic heterocycles. The summed E-state index contributed by atoms with van der Waals surface area (Å²) >= 11 is 1.12. The third kappa shape index (κ3) is 4.58. The number of piperidine rings is 1. The molecule has 1 N–H and O–H groups in total. The number of thiophene rings is 1. The topological polar surface area (TPSA) is 133 Å². The van der Waals surface area contributed by atoms with Gasteiger partial charge in [-0.3, -0.25) is 10.1 Å². The maximum Gasteiger partial charge on any atom is 0.322 e. The predicted octanol–water partition coefficient (Wildman–Crippen LogP) is 3.01. The zero-order chi connectivity index (χ0) is 24.3. The molecule has 1 fully saturated rings. The first-order valence-corrected chi connectivity index (χ1v) is 12.7. The fourth-order valence-corrected chi connectivity index (χ4v) is 6.54. The number of anilines is 1. The van der Waals surface area contributed by atoms with Crippen LogP contribution < -0.4 is 19.5 Å². The van der Waals surface area contributed by atoms with Crippen LogP contribution in [0.15, 0.2) is 38.3 Å². The van der Waals surface area contributed by atoms with Crippen LogP contribution in [0.2, 0.25) is 0 Å². The summed E-state index contributed by atoms with van der Waals surface area (Å²) < 4.78 is 49.2. The monoisotopic (exact) mass is 508 g/mol. The van der Waals surface area contributed by atoms with Crippen LogP contribution in [0.3, 0.4) is 0 Å². The molecule has 0 saturated carbocycles. The van der Waals surface area contributed by atoms with Crippen LogP contribution in [0.1, 0.15) is 19.3 Å². The van der Waals surface area contributed by atoms with Crippen molar-refractivity contribution in [2.75, 3.05) is 33.2 Å². The van der Waals surface area contributed by atoms with E-state index in [1.165, 1.54) is 31.7 Å². The minimum absolute atomic E-state index is 0.112. The van der Waals surface area contributed by atoms with Crippen molar-refractivity contribution in [3.8, 4) is 28.7 Å². The molecule has 0 radical (unpaired) electrons. The van der Waals surface area contributed by atoms with Gasteiger partial charge in [0.25, 0.3) is 10.0 Å². The second kappa shape index (κ2) is 9.99. The average Bonchev–Trinajstić information content (AvgIpc) is 3.56. The van der Waals surface area contributed by atoms with E-state index in [2.05, 4.69) is 15.5 Å². The number of benzene rings is 1. The smallest absolute Gasteiger partial charge is 0.322 e. The zero-order valence-electron chi connectivity index (χ0n) is 18.8. The molecule has 3 heterocycles. The van der Waals surface area contributed by atoms with Gasteiger partial charge in [0, 0.05) is 12.1 Å². The molecular formula is C21H24N4O7S2. The van der Waals surface area contributed by atoms with E-state index in [1.54, 1.807) is 23.6 Å². The maximum atomic E-state index is 13.0. The van der Waals surface area contributed by atoms with E-state index in [-0.39, 0.29) is 22.7 Å². The Balaban J connectivity index is 1.55. The molecular weight excluding hydrogens is 484 g/mol. The second-order valence-electron chi connectivity index (χ2n) is 7.38. The molecule has 1 unspecified atom stereocenters. The molecule has 0 spiro atoms. The number of sulfonamides is 1. The zero-order valence-corrected chi connectivity index (χ0v) is 20.4. The highest BCUT2D eigenvalue weighted by Gasteiger charge is 2.38. The highest BCUT2D eigenvalue weighted by atomic mass is 32.2. The Labute approximate surface area is 200 Å². The van der Waals surface area contributed by atoms with Crippen LogP contribution in [0.25, 0.3) is 11.5 Å². The third-order valence-corrected chi connectivity index (χ3v) is 8.66. The van der Waals surface area contributed by atoms with Crippen molar-refractivity contribution < 1.29 is 31.8 Å². The summed E-state index contributed by atoms with van der Waals surface area (Å²) in [5.74, 6) is 0.793. The van der Waals surface area contributed by atoms with Crippen LogP contribution in [0, 0.1) is 0 Å². The lowest BCUT2D eigenvalue weighted by Crippen LogP contribution is -2.49. The number of amides is 1. The van der Waals surface area contributed by atoms with Crippen LogP contribution in [0.5, 0.6) is 17.2 Å². The van der Waals surface area contributed by atoms with Gasteiger partial charge in [-0.15, -0.1) is 16.4 Å². The van der Waals surface area contributed by atoms with Gasteiger partial charge in [0.2, 0.25) is 17.5 Å². The van der Waals surface area contributed by atoms with Gasteiger partial charge in [0.1, 0.15) is 10.3 Å². The highest BCUT2D eigenvalue weighted by molar-refractivity contribution is 7.91. The Bertz CT molecular complexity index is 1230. The van der Waals surface area contributed by atoms with Gasteiger partial charge in [0.15, 0.2) is 11.5 Å². The Kier molecular flexibility index (Phi) is 7.05. The molecule has 0 bridgehead atoms. The molecule has 1 saturated heterocycles. The first kappa shape index (κ1) is 24.0. The number of carbonyl (C=O) groups is 1. The van der Waals surface area contributed by atoms with E-state index in [9.17, 15) is 13.2 Å². The molecule has 1 amide bonds. The van der Waals surface area contributed by atoms with Gasteiger partial charge < -0.3 is 18.6 Å². The van der Waals surface area contributed by atoms with Crippen molar-refractivity contribution in [1.29, 1.82) is 0 Å². The van der Waals surface area contributed by atoms with E-state index in [0.29, 0.717) is 35.7 Å². The SMILES string of the molecule is COc1cc(-c2nnc(NC(=O)C3CCCCN3S(=O)(=O)c3cccs3)o2)cc(OC)c1OC. The number of hydrogen-bond acceptors (Lipinski definition) is 10. The van der Waals surface area contributed by atoms with E-state index >= 15 is 0 Å².